The van der Waals surface area contributed by atoms with Crippen LogP contribution in [-0.4, -0.2) is 48.3 Å². The van der Waals surface area contributed by atoms with Crippen LogP contribution in [0, 0.1) is 6.92 Å². The van der Waals surface area contributed by atoms with Crippen molar-refractivity contribution in [2.45, 2.75) is 13.8 Å². The van der Waals surface area contributed by atoms with Crippen LogP contribution in [0.4, 0.5) is 0 Å². The zero-order valence-electron chi connectivity index (χ0n) is 7.35. The molecule has 0 bridgehead atoms. The van der Waals surface area contributed by atoms with Gasteiger partial charge in [-0.05, 0) is 19.2 Å². The minimum absolute atomic E-state index is 0. The molecule has 0 aliphatic rings. The predicted molar refractivity (Wildman–Crippen MR) is 58.4 cm³/mol. The standard InChI is InChI=1S/C5H5OS.C2H6O3S.Na.H/c1-4-2-7-3-5(4)6;1-2-6(3,4)5;;/h2-3H,1H3;2H2,1H3,(H,3,4,5);;. The van der Waals surface area contributed by atoms with E-state index in [4.69, 9.17) is 4.55 Å². The fourth-order valence-corrected chi connectivity index (χ4v) is 1.05. The summed E-state index contributed by atoms with van der Waals surface area (Å²) < 4.78 is 26.9. The van der Waals surface area contributed by atoms with Gasteiger partial charge in [0.15, 0.2) is 5.75 Å². The summed E-state index contributed by atoms with van der Waals surface area (Å²) in [6.45, 7) is 3.19. The Hall–Kier alpha value is 0.410. The van der Waals surface area contributed by atoms with Crippen molar-refractivity contribution >= 4 is 51.0 Å². The van der Waals surface area contributed by atoms with Gasteiger partial charge in [0.25, 0.3) is 10.1 Å². The second-order valence-corrected chi connectivity index (χ2v) is 4.77. The summed E-state index contributed by atoms with van der Waals surface area (Å²) in [7, 11) is -3.66. The topological polar surface area (TPSA) is 74.3 Å². The Labute approximate surface area is 110 Å². The van der Waals surface area contributed by atoms with Crippen molar-refractivity contribution in [3.8, 4) is 5.75 Å². The molecule has 1 rings (SSSR count). The summed E-state index contributed by atoms with van der Waals surface area (Å²) in [6.07, 6.45) is 0. The molecule has 0 aromatic carbocycles. The van der Waals surface area contributed by atoms with Crippen molar-refractivity contribution in [1.29, 1.82) is 0 Å². The van der Waals surface area contributed by atoms with E-state index in [1.165, 1.54) is 18.3 Å². The first-order valence-electron chi connectivity index (χ1n) is 3.51. The molecule has 0 atom stereocenters. The van der Waals surface area contributed by atoms with Crippen molar-refractivity contribution in [3.63, 3.8) is 0 Å². The van der Waals surface area contributed by atoms with Crippen LogP contribution in [0.15, 0.2) is 10.8 Å². The molecular formula is C7H12NaO4S2. The van der Waals surface area contributed by atoms with E-state index in [-0.39, 0.29) is 41.1 Å². The van der Waals surface area contributed by atoms with E-state index in [0.29, 0.717) is 0 Å². The van der Waals surface area contributed by atoms with E-state index in [2.05, 4.69) is 0 Å². The van der Waals surface area contributed by atoms with Crippen LogP contribution >= 0.6 is 11.3 Å². The van der Waals surface area contributed by atoms with Gasteiger partial charge in [-0.2, -0.15) is 8.42 Å². The molecule has 0 amide bonds. The second-order valence-electron chi connectivity index (χ2n) is 2.29. The van der Waals surface area contributed by atoms with Crippen LogP contribution in [0.5, 0.6) is 5.75 Å². The molecule has 1 aromatic rings. The number of rotatable bonds is 1. The van der Waals surface area contributed by atoms with Gasteiger partial charge in [-0.25, -0.2) is 0 Å². The van der Waals surface area contributed by atoms with Gasteiger partial charge in [-0.1, -0.05) is 0 Å². The average molecular weight is 247 g/mol. The third-order valence-electron chi connectivity index (χ3n) is 1.17. The average Bonchev–Trinajstić information content (AvgIpc) is 2.36. The summed E-state index contributed by atoms with van der Waals surface area (Å²) >= 11 is 1.45. The van der Waals surface area contributed by atoms with Crippen LogP contribution in [0.25, 0.3) is 0 Å². The summed E-state index contributed by atoms with van der Waals surface area (Å²) in [4.78, 5) is 0. The molecular weight excluding hydrogens is 235 g/mol. The molecule has 0 spiro atoms. The Bertz CT molecular complexity index is 328. The van der Waals surface area contributed by atoms with Crippen molar-refractivity contribution in [2.75, 3.05) is 5.75 Å². The maximum absolute atomic E-state index is 10.4. The molecule has 7 heteroatoms. The Morgan fingerprint density at radius 1 is 1.43 bits per heavy atom. The van der Waals surface area contributed by atoms with Crippen LogP contribution in [0.1, 0.15) is 12.5 Å². The van der Waals surface area contributed by atoms with Gasteiger partial charge in [0.05, 0.1) is 5.75 Å². The molecule has 0 aliphatic carbocycles. The van der Waals surface area contributed by atoms with Gasteiger partial charge in [0, 0.05) is 10.9 Å². The number of aryl methyl sites for hydroxylation is 1. The van der Waals surface area contributed by atoms with E-state index >= 15 is 0 Å². The molecule has 1 heterocycles. The van der Waals surface area contributed by atoms with E-state index in [1.54, 1.807) is 5.38 Å². The number of hydrogen-bond acceptors (Lipinski definition) is 3. The monoisotopic (exact) mass is 247 g/mol. The Balaban J connectivity index is 0. The fourth-order valence-electron chi connectivity index (χ4n) is 0.349. The summed E-state index contributed by atoms with van der Waals surface area (Å²) in [6, 6.07) is 0. The first kappa shape index (κ1) is 16.8. The quantitative estimate of drug-likeness (QED) is 0.603. The second kappa shape index (κ2) is 7.67. The van der Waals surface area contributed by atoms with Gasteiger partial charge in [0.2, 0.25) is 0 Å². The molecule has 0 saturated carbocycles. The zero-order valence-corrected chi connectivity index (χ0v) is 8.98. The SMILES string of the molecule is CCS(=O)(=O)O.Cc1cscc1[O].[NaH]. The van der Waals surface area contributed by atoms with E-state index in [0.717, 1.165) is 5.56 Å². The van der Waals surface area contributed by atoms with Crippen molar-refractivity contribution in [3.05, 3.63) is 16.3 Å². The Morgan fingerprint density at radius 2 is 1.86 bits per heavy atom. The van der Waals surface area contributed by atoms with Gasteiger partial charge >= 0.3 is 29.6 Å². The fraction of sp³-hybridized carbons (Fsp3) is 0.429. The zero-order chi connectivity index (χ0) is 10.5. The van der Waals surface area contributed by atoms with Crippen molar-refractivity contribution in [2.24, 2.45) is 0 Å². The normalized spacial score (nSPS) is 9.64. The van der Waals surface area contributed by atoms with E-state index in [1.807, 2.05) is 12.3 Å². The molecule has 0 aliphatic heterocycles. The molecule has 4 nitrogen and oxygen atoms in total. The van der Waals surface area contributed by atoms with Gasteiger partial charge < -0.3 is 0 Å². The Kier molecular flexibility index (Phi) is 9.22. The molecule has 1 aromatic heterocycles. The third-order valence-corrected chi connectivity index (χ3v) is 2.74. The molecule has 1 radical (unpaired) electrons. The summed E-state index contributed by atoms with van der Waals surface area (Å²) in [5.41, 5.74) is 0.852. The minimum atomic E-state index is -3.66. The Morgan fingerprint density at radius 3 is 1.93 bits per heavy atom. The van der Waals surface area contributed by atoms with Crippen molar-refractivity contribution < 1.29 is 18.1 Å². The summed E-state index contributed by atoms with van der Waals surface area (Å²) in [5, 5.41) is 13.9. The first-order chi connectivity index (χ1) is 5.87. The molecule has 0 unspecified atom stereocenters. The van der Waals surface area contributed by atoms with Gasteiger partial charge in [-0.15, -0.1) is 11.3 Å². The molecule has 14 heavy (non-hydrogen) atoms. The number of hydrogen-bond donors (Lipinski definition) is 1. The van der Waals surface area contributed by atoms with Gasteiger partial charge in [0.1, 0.15) is 0 Å². The molecule has 0 saturated heterocycles. The van der Waals surface area contributed by atoms with Crippen LogP contribution in [-0.2, 0) is 15.2 Å². The van der Waals surface area contributed by atoms with Crippen LogP contribution < -0.4 is 0 Å². The molecule has 0 fully saturated rings. The first-order valence-corrected chi connectivity index (χ1v) is 6.07. The van der Waals surface area contributed by atoms with E-state index < -0.39 is 10.1 Å². The molecule has 1 N–H and O–H groups in total. The number of thiophene rings is 1. The molecule has 77 valence electrons. The third kappa shape index (κ3) is 8.98. The summed E-state index contributed by atoms with van der Waals surface area (Å²) in [5.74, 6) is -0.0440. The van der Waals surface area contributed by atoms with E-state index in [9.17, 15) is 13.5 Å². The maximum atomic E-state index is 10.4. The van der Waals surface area contributed by atoms with Crippen LogP contribution in [0.2, 0.25) is 0 Å². The predicted octanol–water partition coefficient (Wildman–Crippen LogP) is 1.45. The van der Waals surface area contributed by atoms with Crippen molar-refractivity contribution in [1.82, 2.24) is 0 Å². The van der Waals surface area contributed by atoms with Crippen LogP contribution in [0.3, 0.4) is 0 Å². The van der Waals surface area contributed by atoms with Gasteiger partial charge in [-0.3, -0.25) is 9.66 Å².